The first-order valence-electron chi connectivity index (χ1n) is 36.2. The average molecular weight is 1190 g/mol. The van der Waals surface area contributed by atoms with E-state index in [0.717, 1.165) is 70.6 Å². The number of carbonyl (C=O) groups is 2. The Balaban J connectivity index is 3.86. The summed E-state index contributed by atoms with van der Waals surface area (Å²) in [5.41, 5.74) is 0. The highest BCUT2D eigenvalue weighted by Crippen LogP contribution is 2.38. The molecule has 2 unspecified atom stereocenters. The standard InChI is InChI=1S/C73H140NO8P/c1-6-8-10-12-14-16-18-20-22-24-26-27-28-29-30-31-32-33-34-35-36-37-38-39-40-41-42-43-44-45-46-48-49-51-53-55-57-59-61-63-65-72(75)79-69-71(70-81-83(77,78)80-68-67-74(3,4)5)82-73(76)66-64-62-60-58-56-54-52-50-47-25-23-21-19-17-15-13-11-9-7-2/h15,17,21,23,47,50,71H,6-14,16,18-20,22,24-46,48-49,51-70H2,1-5H3/b17-15-,23-21-,50-47-. The number of carbonyl (C=O) groups excluding carboxylic acids is 2. The number of unbranched alkanes of at least 4 members (excludes halogenated alkanes) is 48. The number of rotatable bonds is 68. The number of allylic oxidation sites excluding steroid dienone is 6. The summed E-state index contributed by atoms with van der Waals surface area (Å²) in [6.45, 7) is 4.25. The van der Waals surface area contributed by atoms with Crippen molar-refractivity contribution in [3.05, 3.63) is 36.5 Å². The van der Waals surface area contributed by atoms with Crippen LogP contribution in [0.2, 0.25) is 0 Å². The summed E-state index contributed by atoms with van der Waals surface area (Å²) in [4.78, 5) is 38.0. The predicted molar refractivity (Wildman–Crippen MR) is 356 cm³/mol. The van der Waals surface area contributed by atoms with Gasteiger partial charge in [-0.25, -0.2) is 0 Å². The van der Waals surface area contributed by atoms with Gasteiger partial charge in [-0.1, -0.05) is 339 Å². The minimum absolute atomic E-state index is 0.0323. The van der Waals surface area contributed by atoms with E-state index >= 15 is 0 Å². The van der Waals surface area contributed by atoms with Crippen molar-refractivity contribution in [1.29, 1.82) is 0 Å². The molecule has 0 aromatic rings. The second-order valence-corrected chi connectivity index (χ2v) is 27.4. The molecule has 0 bridgehead atoms. The van der Waals surface area contributed by atoms with Crippen LogP contribution in [0, 0.1) is 0 Å². The molecule has 0 aliphatic rings. The third kappa shape index (κ3) is 69.2. The summed E-state index contributed by atoms with van der Waals surface area (Å²) in [5.74, 6) is -0.832. The molecular weight excluding hydrogens is 1050 g/mol. The van der Waals surface area contributed by atoms with Gasteiger partial charge >= 0.3 is 11.9 Å². The van der Waals surface area contributed by atoms with Crippen molar-refractivity contribution in [2.45, 2.75) is 373 Å². The van der Waals surface area contributed by atoms with Crippen molar-refractivity contribution in [1.82, 2.24) is 0 Å². The minimum Gasteiger partial charge on any atom is -0.756 e. The maximum absolute atomic E-state index is 12.8. The number of phosphoric acid groups is 1. The van der Waals surface area contributed by atoms with Crippen LogP contribution in [0.15, 0.2) is 36.5 Å². The normalized spacial score (nSPS) is 13.3. The van der Waals surface area contributed by atoms with Crippen LogP contribution in [0.25, 0.3) is 0 Å². The second kappa shape index (κ2) is 64.7. The summed E-state index contributed by atoms with van der Waals surface area (Å²) in [6, 6.07) is 0. The van der Waals surface area contributed by atoms with Gasteiger partial charge in [0.2, 0.25) is 0 Å². The largest absolute Gasteiger partial charge is 0.756 e. The lowest BCUT2D eigenvalue weighted by molar-refractivity contribution is -0.870. The molecule has 0 rings (SSSR count). The van der Waals surface area contributed by atoms with Gasteiger partial charge in [0, 0.05) is 12.8 Å². The molecule has 0 aliphatic heterocycles. The average Bonchev–Trinajstić information content (AvgIpc) is 3.49. The van der Waals surface area contributed by atoms with Gasteiger partial charge in [-0.3, -0.25) is 14.2 Å². The fraction of sp³-hybridized carbons (Fsp3) is 0.890. The monoisotopic (exact) mass is 1190 g/mol. The van der Waals surface area contributed by atoms with Crippen LogP contribution in [0.5, 0.6) is 0 Å². The van der Waals surface area contributed by atoms with Gasteiger partial charge in [0.05, 0.1) is 27.7 Å². The van der Waals surface area contributed by atoms with Crippen LogP contribution < -0.4 is 4.89 Å². The molecule has 83 heavy (non-hydrogen) atoms. The number of esters is 2. The highest BCUT2D eigenvalue weighted by molar-refractivity contribution is 7.45. The molecule has 9 nitrogen and oxygen atoms in total. The van der Waals surface area contributed by atoms with E-state index in [1.54, 1.807) is 0 Å². The second-order valence-electron chi connectivity index (χ2n) is 26.0. The van der Waals surface area contributed by atoms with Gasteiger partial charge in [0.15, 0.2) is 6.10 Å². The van der Waals surface area contributed by atoms with Crippen molar-refractivity contribution in [3.8, 4) is 0 Å². The van der Waals surface area contributed by atoms with E-state index in [2.05, 4.69) is 50.3 Å². The van der Waals surface area contributed by atoms with Crippen molar-refractivity contribution >= 4 is 19.8 Å². The molecule has 0 aromatic heterocycles. The lowest BCUT2D eigenvalue weighted by Gasteiger charge is -2.28. The van der Waals surface area contributed by atoms with Crippen molar-refractivity contribution < 1.29 is 42.1 Å². The molecule has 0 aliphatic carbocycles. The molecule has 0 aromatic carbocycles. The van der Waals surface area contributed by atoms with Crippen LogP contribution in [-0.2, 0) is 32.7 Å². The number of hydrogen-bond donors (Lipinski definition) is 0. The fourth-order valence-corrected chi connectivity index (χ4v) is 11.6. The maximum Gasteiger partial charge on any atom is 0.306 e. The smallest absolute Gasteiger partial charge is 0.306 e. The Kier molecular flexibility index (Phi) is 63.3. The molecule has 2 atom stereocenters. The fourth-order valence-electron chi connectivity index (χ4n) is 10.8. The molecule has 490 valence electrons. The highest BCUT2D eigenvalue weighted by Gasteiger charge is 2.22. The van der Waals surface area contributed by atoms with E-state index < -0.39 is 26.5 Å². The van der Waals surface area contributed by atoms with E-state index in [-0.39, 0.29) is 32.0 Å². The van der Waals surface area contributed by atoms with Crippen LogP contribution >= 0.6 is 7.82 Å². The molecule has 0 N–H and O–H groups in total. The van der Waals surface area contributed by atoms with Crippen molar-refractivity contribution in [2.75, 3.05) is 47.5 Å². The maximum atomic E-state index is 12.8. The minimum atomic E-state index is -4.64. The van der Waals surface area contributed by atoms with E-state index in [9.17, 15) is 19.0 Å². The van der Waals surface area contributed by atoms with Crippen molar-refractivity contribution in [3.63, 3.8) is 0 Å². The van der Waals surface area contributed by atoms with Gasteiger partial charge in [-0.05, 0) is 51.4 Å². The zero-order valence-corrected chi connectivity index (χ0v) is 56.8. The topological polar surface area (TPSA) is 111 Å². The Labute approximate surface area is 516 Å². The van der Waals surface area contributed by atoms with Crippen LogP contribution in [0.4, 0.5) is 0 Å². The lowest BCUT2D eigenvalue weighted by Crippen LogP contribution is -2.37. The van der Waals surface area contributed by atoms with Crippen LogP contribution in [0.3, 0.4) is 0 Å². The van der Waals surface area contributed by atoms with Gasteiger partial charge in [-0.15, -0.1) is 0 Å². The molecular formula is C73H140NO8P. The SMILES string of the molecule is CCCCC/C=C\C/C=C\C/C=C\CCCCCCCCC(=O)OC(COC(=O)CCCCCCCCCCCCCCCCCCCCCCCCCCCCCCCCCCCCCCCCCC)COP(=O)([O-])OCC[N+](C)(C)C. The number of hydrogen-bond acceptors (Lipinski definition) is 8. The Bertz CT molecular complexity index is 1490. The van der Waals surface area contributed by atoms with Gasteiger partial charge in [0.1, 0.15) is 19.8 Å². The first-order chi connectivity index (χ1) is 40.5. The zero-order chi connectivity index (χ0) is 60.5. The number of likely N-dealkylation sites (N-methyl/N-ethyl adjacent to an activating group) is 1. The highest BCUT2D eigenvalue weighted by atomic mass is 31.2. The Morgan fingerprint density at radius 2 is 0.651 bits per heavy atom. The molecule has 10 heteroatoms. The van der Waals surface area contributed by atoms with E-state index in [4.69, 9.17) is 18.5 Å². The predicted octanol–water partition coefficient (Wildman–Crippen LogP) is 22.8. The Morgan fingerprint density at radius 1 is 0.373 bits per heavy atom. The van der Waals surface area contributed by atoms with Gasteiger partial charge in [-0.2, -0.15) is 0 Å². The summed E-state index contributed by atoms with van der Waals surface area (Å²) in [6.07, 6.45) is 82.6. The number of nitrogens with zero attached hydrogens (tertiary/aromatic N) is 1. The molecule has 0 saturated heterocycles. The number of phosphoric ester groups is 1. The quantitative estimate of drug-likeness (QED) is 0.0195. The molecule has 0 spiro atoms. The molecule has 0 amide bonds. The Hall–Kier alpha value is -1.77. The van der Waals surface area contributed by atoms with Crippen molar-refractivity contribution in [2.24, 2.45) is 0 Å². The lowest BCUT2D eigenvalue weighted by atomic mass is 10.0. The third-order valence-corrected chi connectivity index (χ3v) is 17.4. The molecule has 0 fully saturated rings. The van der Waals surface area contributed by atoms with Gasteiger partial charge in [0.25, 0.3) is 7.82 Å². The number of quaternary nitrogens is 1. The number of ether oxygens (including phenoxy) is 2. The van der Waals surface area contributed by atoms with Gasteiger partial charge < -0.3 is 27.9 Å². The molecule has 0 saturated carbocycles. The van der Waals surface area contributed by atoms with Crippen LogP contribution in [-0.4, -0.2) is 70.0 Å². The molecule has 0 radical (unpaired) electrons. The first kappa shape index (κ1) is 81.2. The first-order valence-corrected chi connectivity index (χ1v) is 37.7. The van der Waals surface area contributed by atoms with E-state index in [1.165, 1.54) is 263 Å². The molecule has 0 heterocycles. The third-order valence-electron chi connectivity index (χ3n) is 16.4. The van der Waals surface area contributed by atoms with Crippen LogP contribution in [0.1, 0.15) is 367 Å². The van der Waals surface area contributed by atoms with E-state index in [0.29, 0.717) is 17.4 Å². The summed E-state index contributed by atoms with van der Waals surface area (Å²) < 4.78 is 34.3. The van der Waals surface area contributed by atoms with E-state index in [1.807, 2.05) is 21.1 Å². The summed E-state index contributed by atoms with van der Waals surface area (Å²) >= 11 is 0. The summed E-state index contributed by atoms with van der Waals surface area (Å²) in [5, 5.41) is 0. The zero-order valence-electron chi connectivity index (χ0n) is 55.9. The Morgan fingerprint density at radius 3 is 0.988 bits per heavy atom. The summed E-state index contributed by atoms with van der Waals surface area (Å²) in [7, 11) is 1.17.